The number of rotatable bonds is 6. The third-order valence-corrected chi connectivity index (χ3v) is 4.89. The van der Waals surface area contributed by atoms with Crippen LogP contribution in [0, 0.1) is 6.92 Å². The molecule has 1 atom stereocenters. The van der Waals surface area contributed by atoms with Crippen LogP contribution in [-0.4, -0.2) is 43.7 Å². The number of carbonyl (C=O) groups excluding carboxylic acids is 1. The highest BCUT2D eigenvalue weighted by atomic mass is 35.5. The van der Waals surface area contributed by atoms with Crippen molar-refractivity contribution in [3.8, 4) is 0 Å². The molecule has 5 heteroatoms. The van der Waals surface area contributed by atoms with Crippen molar-refractivity contribution in [2.24, 2.45) is 0 Å². The van der Waals surface area contributed by atoms with Crippen LogP contribution in [-0.2, 0) is 16.0 Å². The standard InChI is InChI=1S/C21H25ClN2O2/c1-16-2-6-18(7-3-16)20(15-24-10-12-26-13-11-24)23-21(25)14-17-4-8-19(22)9-5-17/h2-9,20H,10-15H2,1H3,(H,23,25)/t20-/m1/s1. The average Bonchev–Trinajstić information content (AvgIpc) is 2.65. The second-order valence-corrected chi connectivity index (χ2v) is 7.18. The lowest BCUT2D eigenvalue weighted by atomic mass is 10.0. The van der Waals surface area contributed by atoms with Crippen LogP contribution in [0.25, 0.3) is 0 Å². The fourth-order valence-electron chi connectivity index (χ4n) is 3.11. The molecule has 1 amide bonds. The largest absolute Gasteiger partial charge is 0.379 e. The zero-order valence-electron chi connectivity index (χ0n) is 15.1. The van der Waals surface area contributed by atoms with Crippen LogP contribution in [0.2, 0.25) is 5.02 Å². The summed E-state index contributed by atoms with van der Waals surface area (Å²) in [4.78, 5) is 14.9. The Balaban J connectivity index is 1.68. The Kier molecular flexibility index (Phi) is 6.67. The SMILES string of the molecule is Cc1ccc([C@@H](CN2CCOCC2)NC(=O)Cc2ccc(Cl)cc2)cc1. The van der Waals surface area contributed by atoms with Crippen LogP contribution >= 0.6 is 11.6 Å². The van der Waals surface area contributed by atoms with Crippen LogP contribution < -0.4 is 5.32 Å². The van der Waals surface area contributed by atoms with E-state index >= 15 is 0 Å². The van der Waals surface area contributed by atoms with Gasteiger partial charge in [-0.3, -0.25) is 9.69 Å². The number of aryl methyl sites for hydroxylation is 1. The molecule has 4 nitrogen and oxygen atoms in total. The number of carbonyl (C=O) groups is 1. The van der Waals surface area contributed by atoms with Crippen molar-refractivity contribution < 1.29 is 9.53 Å². The molecule has 2 aromatic rings. The Morgan fingerprint density at radius 2 is 1.77 bits per heavy atom. The van der Waals surface area contributed by atoms with Gasteiger partial charge in [-0.1, -0.05) is 53.6 Å². The summed E-state index contributed by atoms with van der Waals surface area (Å²) in [5.74, 6) is 0.0196. The van der Waals surface area contributed by atoms with Crippen LogP contribution in [0.5, 0.6) is 0 Å². The zero-order valence-corrected chi connectivity index (χ0v) is 15.8. The number of amides is 1. The maximum atomic E-state index is 12.6. The van der Waals surface area contributed by atoms with Crippen LogP contribution in [0.15, 0.2) is 48.5 Å². The maximum Gasteiger partial charge on any atom is 0.224 e. The number of hydrogen-bond donors (Lipinski definition) is 1. The van der Waals surface area contributed by atoms with Crippen molar-refractivity contribution in [3.05, 3.63) is 70.2 Å². The smallest absolute Gasteiger partial charge is 0.224 e. The fraction of sp³-hybridized carbons (Fsp3) is 0.381. The number of nitrogens with one attached hydrogen (secondary N) is 1. The summed E-state index contributed by atoms with van der Waals surface area (Å²) in [5.41, 5.74) is 3.30. The summed E-state index contributed by atoms with van der Waals surface area (Å²) >= 11 is 5.92. The van der Waals surface area contributed by atoms with E-state index in [4.69, 9.17) is 16.3 Å². The van der Waals surface area contributed by atoms with Crippen molar-refractivity contribution in [2.75, 3.05) is 32.8 Å². The first-order valence-corrected chi connectivity index (χ1v) is 9.38. The first-order valence-electron chi connectivity index (χ1n) is 9.00. The average molecular weight is 373 g/mol. The van der Waals surface area contributed by atoms with E-state index in [1.165, 1.54) is 5.56 Å². The highest BCUT2D eigenvalue weighted by Gasteiger charge is 2.20. The van der Waals surface area contributed by atoms with Crippen molar-refractivity contribution in [1.82, 2.24) is 10.2 Å². The minimum atomic E-state index is -0.0338. The second-order valence-electron chi connectivity index (χ2n) is 6.75. The van der Waals surface area contributed by atoms with Gasteiger partial charge in [0.15, 0.2) is 0 Å². The first-order chi connectivity index (χ1) is 12.6. The van der Waals surface area contributed by atoms with Gasteiger partial charge in [-0.15, -0.1) is 0 Å². The van der Waals surface area contributed by atoms with Crippen LogP contribution in [0.4, 0.5) is 0 Å². The molecule has 1 aliphatic heterocycles. The molecule has 0 spiro atoms. The highest BCUT2D eigenvalue weighted by Crippen LogP contribution is 2.17. The normalized spacial score (nSPS) is 16.2. The van der Waals surface area contributed by atoms with E-state index in [1.54, 1.807) is 0 Å². The Labute approximate surface area is 160 Å². The van der Waals surface area contributed by atoms with Gasteiger partial charge in [0, 0.05) is 24.7 Å². The van der Waals surface area contributed by atoms with Gasteiger partial charge in [-0.25, -0.2) is 0 Å². The molecule has 1 saturated heterocycles. The molecule has 1 N–H and O–H groups in total. The molecule has 138 valence electrons. The maximum absolute atomic E-state index is 12.6. The molecule has 0 unspecified atom stereocenters. The molecule has 0 saturated carbocycles. The van der Waals surface area contributed by atoms with Gasteiger partial charge < -0.3 is 10.1 Å². The van der Waals surface area contributed by atoms with Gasteiger partial charge in [0.1, 0.15) is 0 Å². The third kappa shape index (κ3) is 5.56. The van der Waals surface area contributed by atoms with Crippen LogP contribution in [0.3, 0.4) is 0 Å². The van der Waals surface area contributed by atoms with Gasteiger partial charge in [-0.2, -0.15) is 0 Å². The number of ether oxygens (including phenoxy) is 1. The van der Waals surface area contributed by atoms with Crippen molar-refractivity contribution >= 4 is 17.5 Å². The van der Waals surface area contributed by atoms with Gasteiger partial charge in [-0.05, 0) is 30.2 Å². The van der Waals surface area contributed by atoms with Crippen molar-refractivity contribution in [1.29, 1.82) is 0 Å². The zero-order chi connectivity index (χ0) is 18.4. The van der Waals surface area contributed by atoms with Gasteiger partial charge in [0.25, 0.3) is 0 Å². The Morgan fingerprint density at radius 1 is 1.12 bits per heavy atom. The summed E-state index contributed by atoms with van der Waals surface area (Å²) in [6.45, 7) is 6.15. The van der Waals surface area contributed by atoms with E-state index in [-0.39, 0.29) is 11.9 Å². The molecular weight excluding hydrogens is 348 g/mol. The first kappa shape index (κ1) is 18.9. The van der Waals surface area contributed by atoms with Gasteiger partial charge in [0.2, 0.25) is 5.91 Å². The number of halogens is 1. The summed E-state index contributed by atoms with van der Waals surface area (Å²) in [7, 11) is 0. The molecule has 0 radical (unpaired) electrons. The van der Waals surface area contributed by atoms with E-state index in [0.29, 0.717) is 11.4 Å². The molecule has 1 aliphatic rings. The molecule has 0 aromatic heterocycles. The third-order valence-electron chi connectivity index (χ3n) is 4.64. The van der Waals surface area contributed by atoms with E-state index < -0.39 is 0 Å². The van der Waals surface area contributed by atoms with Crippen molar-refractivity contribution in [3.63, 3.8) is 0 Å². The molecule has 3 rings (SSSR count). The monoisotopic (exact) mass is 372 g/mol. The summed E-state index contributed by atoms with van der Waals surface area (Å²) in [6.07, 6.45) is 0.350. The van der Waals surface area contributed by atoms with E-state index in [2.05, 4.69) is 41.4 Å². The quantitative estimate of drug-likeness (QED) is 0.845. The lowest BCUT2D eigenvalue weighted by molar-refractivity contribution is -0.121. The van der Waals surface area contributed by atoms with Crippen LogP contribution in [0.1, 0.15) is 22.7 Å². The van der Waals surface area contributed by atoms with E-state index in [9.17, 15) is 4.79 Å². The molecule has 0 bridgehead atoms. The molecule has 1 heterocycles. The Hall–Kier alpha value is -1.88. The lowest BCUT2D eigenvalue weighted by Crippen LogP contribution is -2.43. The summed E-state index contributed by atoms with van der Waals surface area (Å²) in [6, 6.07) is 15.8. The molecule has 2 aromatic carbocycles. The summed E-state index contributed by atoms with van der Waals surface area (Å²) in [5, 5.41) is 3.89. The minimum absolute atomic E-state index is 0.0196. The molecule has 1 fully saturated rings. The molecule has 0 aliphatic carbocycles. The lowest BCUT2D eigenvalue weighted by Gasteiger charge is -2.31. The Morgan fingerprint density at radius 3 is 2.42 bits per heavy atom. The minimum Gasteiger partial charge on any atom is -0.379 e. The number of benzene rings is 2. The number of nitrogens with zero attached hydrogens (tertiary/aromatic N) is 1. The fourth-order valence-corrected chi connectivity index (χ4v) is 3.23. The predicted molar refractivity (Wildman–Crippen MR) is 104 cm³/mol. The second kappa shape index (κ2) is 9.17. The van der Waals surface area contributed by atoms with Gasteiger partial charge >= 0.3 is 0 Å². The molecule has 26 heavy (non-hydrogen) atoms. The van der Waals surface area contributed by atoms with E-state index in [1.807, 2.05) is 24.3 Å². The predicted octanol–water partition coefficient (Wildman–Crippen LogP) is 3.38. The topological polar surface area (TPSA) is 41.6 Å². The number of morpholine rings is 1. The number of hydrogen-bond acceptors (Lipinski definition) is 3. The van der Waals surface area contributed by atoms with Gasteiger partial charge in [0.05, 0.1) is 25.7 Å². The summed E-state index contributed by atoms with van der Waals surface area (Å²) < 4.78 is 5.43. The Bertz CT molecular complexity index is 710. The molecular formula is C21H25ClN2O2. The van der Waals surface area contributed by atoms with Crippen molar-refractivity contribution in [2.45, 2.75) is 19.4 Å². The highest BCUT2D eigenvalue weighted by molar-refractivity contribution is 6.30. The van der Waals surface area contributed by atoms with E-state index in [0.717, 1.165) is 44.0 Å².